The molecule has 1 aromatic carbocycles. The number of Topliss-reactive ketones (excluding diaryl/α,β-unsaturated/α-hetero) is 1. The third kappa shape index (κ3) is 2.86. The van der Waals surface area contributed by atoms with E-state index in [1.807, 2.05) is 42.5 Å². The van der Waals surface area contributed by atoms with Crippen LogP contribution in [0.1, 0.15) is 31.3 Å². The molecule has 26 heavy (non-hydrogen) atoms. The molecule has 1 saturated heterocycles. The number of hydrogen-bond donors (Lipinski definition) is 0. The molecule has 1 fully saturated rings. The molecular formula is C20H22N4O2. The largest absolute Gasteiger partial charge is 0.375 e. The van der Waals surface area contributed by atoms with E-state index in [1.54, 1.807) is 11.4 Å². The van der Waals surface area contributed by atoms with E-state index in [0.29, 0.717) is 23.6 Å². The Labute approximate surface area is 152 Å². The molecule has 0 bridgehead atoms. The van der Waals surface area contributed by atoms with Crippen molar-refractivity contribution in [2.75, 3.05) is 18.1 Å². The molecule has 134 valence electrons. The summed E-state index contributed by atoms with van der Waals surface area (Å²) >= 11 is 0. The fourth-order valence-electron chi connectivity index (χ4n) is 3.41. The van der Waals surface area contributed by atoms with Crippen molar-refractivity contribution in [3.05, 3.63) is 48.2 Å². The Kier molecular flexibility index (Phi) is 4.20. The standard InChI is InChI=1S/C20H22N4O2/c1-13-12-26-14(2)11-23(13)18-10-9-17-21-19(16-7-5-4-6-8-16)20(15(3)25)24(17)22-18/h4-10,13-14H,11-12H2,1-3H3/t13-,14-/m1/s1. The van der Waals surface area contributed by atoms with E-state index in [-0.39, 0.29) is 17.9 Å². The zero-order valence-corrected chi connectivity index (χ0v) is 15.2. The van der Waals surface area contributed by atoms with Gasteiger partial charge in [-0.15, -0.1) is 5.10 Å². The lowest BCUT2D eigenvalue weighted by molar-refractivity contribution is 0.0339. The highest BCUT2D eigenvalue weighted by molar-refractivity contribution is 5.99. The molecule has 2 aromatic heterocycles. The number of ether oxygens (including phenoxy) is 1. The predicted molar refractivity (Wildman–Crippen MR) is 101 cm³/mol. The second kappa shape index (κ2) is 6.53. The summed E-state index contributed by atoms with van der Waals surface area (Å²) in [6, 6.07) is 13.9. The molecule has 1 aliphatic rings. The molecule has 1 aliphatic heterocycles. The Hall–Kier alpha value is -2.73. The maximum Gasteiger partial charge on any atom is 0.180 e. The summed E-state index contributed by atoms with van der Waals surface area (Å²) in [6.07, 6.45) is 0.152. The number of carbonyl (C=O) groups is 1. The van der Waals surface area contributed by atoms with Gasteiger partial charge in [0.25, 0.3) is 0 Å². The molecule has 6 nitrogen and oxygen atoms in total. The van der Waals surface area contributed by atoms with Crippen molar-refractivity contribution < 1.29 is 9.53 Å². The maximum absolute atomic E-state index is 12.4. The molecule has 0 saturated carbocycles. The molecule has 0 spiro atoms. The topological polar surface area (TPSA) is 59.7 Å². The third-order valence-electron chi connectivity index (χ3n) is 4.75. The van der Waals surface area contributed by atoms with Crippen LogP contribution >= 0.6 is 0 Å². The Balaban J connectivity index is 1.85. The van der Waals surface area contributed by atoms with Gasteiger partial charge in [-0.05, 0) is 26.0 Å². The van der Waals surface area contributed by atoms with Gasteiger partial charge >= 0.3 is 0 Å². The molecule has 3 aromatic rings. The molecule has 4 rings (SSSR count). The van der Waals surface area contributed by atoms with Gasteiger partial charge in [-0.3, -0.25) is 4.79 Å². The summed E-state index contributed by atoms with van der Waals surface area (Å²) in [5, 5.41) is 4.75. The molecule has 2 atom stereocenters. The minimum absolute atomic E-state index is 0.0515. The highest BCUT2D eigenvalue weighted by Crippen LogP contribution is 2.26. The SMILES string of the molecule is CC(=O)c1c(-c2ccccc2)nc2ccc(N3C[C@@H](C)OC[C@H]3C)nn12. The van der Waals surface area contributed by atoms with Crippen LogP contribution in [0.25, 0.3) is 16.9 Å². The van der Waals surface area contributed by atoms with Crippen molar-refractivity contribution in [3.8, 4) is 11.3 Å². The van der Waals surface area contributed by atoms with E-state index in [0.717, 1.165) is 17.9 Å². The van der Waals surface area contributed by atoms with Gasteiger partial charge in [0, 0.05) is 19.0 Å². The van der Waals surface area contributed by atoms with Gasteiger partial charge < -0.3 is 9.64 Å². The third-order valence-corrected chi connectivity index (χ3v) is 4.75. The van der Waals surface area contributed by atoms with Crippen molar-refractivity contribution in [2.24, 2.45) is 0 Å². The van der Waals surface area contributed by atoms with Crippen LogP contribution < -0.4 is 4.90 Å². The molecule has 0 unspecified atom stereocenters. The van der Waals surface area contributed by atoms with E-state index in [9.17, 15) is 4.79 Å². The summed E-state index contributed by atoms with van der Waals surface area (Å²) < 4.78 is 7.38. The van der Waals surface area contributed by atoms with Crippen molar-refractivity contribution in [3.63, 3.8) is 0 Å². The van der Waals surface area contributed by atoms with Crippen LogP contribution in [-0.4, -0.2) is 45.7 Å². The average molecular weight is 350 g/mol. The van der Waals surface area contributed by atoms with Crippen LogP contribution in [0.15, 0.2) is 42.5 Å². The smallest absolute Gasteiger partial charge is 0.180 e. The number of anilines is 1. The molecular weight excluding hydrogens is 328 g/mol. The number of morpholine rings is 1. The van der Waals surface area contributed by atoms with Gasteiger partial charge in [0.15, 0.2) is 11.4 Å². The average Bonchev–Trinajstić information content (AvgIpc) is 3.03. The number of aromatic nitrogens is 3. The van der Waals surface area contributed by atoms with E-state index >= 15 is 0 Å². The van der Waals surface area contributed by atoms with E-state index < -0.39 is 0 Å². The van der Waals surface area contributed by atoms with Gasteiger partial charge in [-0.1, -0.05) is 30.3 Å². The van der Waals surface area contributed by atoms with E-state index in [4.69, 9.17) is 9.84 Å². The van der Waals surface area contributed by atoms with E-state index in [1.165, 1.54) is 0 Å². The number of nitrogens with zero attached hydrogens (tertiary/aromatic N) is 4. The predicted octanol–water partition coefficient (Wildman–Crippen LogP) is 3.21. The molecule has 0 amide bonds. The van der Waals surface area contributed by atoms with Crippen LogP contribution in [0.5, 0.6) is 0 Å². The van der Waals surface area contributed by atoms with Crippen LogP contribution in [-0.2, 0) is 4.74 Å². The summed E-state index contributed by atoms with van der Waals surface area (Å²) in [5.74, 6) is 0.782. The molecule has 3 heterocycles. The summed E-state index contributed by atoms with van der Waals surface area (Å²) in [4.78, 5) is 19.3. The maximum atomic E-state index is 12.4. The van der Waals surface area contributed by atoms with Gasteiger partial charge in [-0.2, -0.15) is 0 Å². The van der Waals surface area contributed by atoms with Crippen LogP contribution in [0.2, 0.25) is 0 Å². The van der Waals surface area contributed by atoms with E-state index in [2.05, 4.69) is 23.7 Å². The number of fused-ring (bicyclic) bond motifs is 1. The van der Waals surface area contributed by atoms with Crippen LogP contribution in [0.4, 0.5) is 5.82 Å². The first-order valence-electron chi connectivity index (χ1n) is 8.89. The number of ketones is 1. The molecule has 0 N–H and O–H groups in total. The molecule has 6 heteroatoms. The van der Waals surface area contributed by atoms with Crippen molar-refractivity contribution in [2.45, 2.75) is 32.9 Å². The van der Waals surface area contributed by atoms with Gasteiger partial charge in [0.1, 0.15) is 17.2 Å². The quantitative estimate of drug-likeness (QED) is 0.679. The lowest BCUT2D eigenvalue weighted by Crippen LogP contribution is -2.48. The summed E-state index contributed by atoms with van der Waals surface area (Å²) in [6.45, 7) is 7.18. The van der Waals surface area contributed by atoms with Crippen LogP contribution in [0.3, 0.4) is 0 Å². The molecule has 0 radical (unpaired) electrons. The van der Waals surface area contributed by atoms with Crippen molar-refractivity contribution in [1.82, 2.24) is 14.6 Å². The zero-order chi connectivity index (χ0) is 18.3. The fraction of sp³-hybridized carbons (Fsp3) is 0.350. The fourth-order valence-corrected chi connectivity index (χ4v) is 3.41. The Bertz CT molecular complexity index is 951. The highest BCUT2D eigenvalue weighted by Gasteiger charge is 2.26. The first kappa shape index (κ1) is 16.7. The van der Waals surface area contributed by atoms with Crippen LogP contribution in [0, 0.1) is 0 Å². The molecule has 0 aliphatic carbocycles. The van der Waals surface area contributed by atoms with Gasteiger partial charge in [0.05, 0.1) is 18.8 Å². The lowest BCUT2D eigenvalue weighted by atomic mass is 10.1. The zero-order valence-electron chi connectivity index (χ0n) is 15.2. The second-order valence-corrected chi connectivity index (χ2v) is 6.84. The lowest BCUT2D eigenvalue weighted by Gasteiger charge is -2.37. The first-order valence-corrected chi connectivity index (χ1v) is 8.89. The monoisotopic (exact) mass is 350 g/mol. The van der Waals surface area contributed by atoms with Crippen molar-refractivity contribution in [1.29, 1.82) is 0 Å². The Morgan fingerprint density at radius 1 is 1.15 bits per heavy atom. The Morgan fingerprint density at radius 2 is 1.92 bits per heavy atom. The second-order valence-electron chi connectivity index (χ2n) is 6.84. The first-order chi connectivity index (χ1) is 12.5. The summed E-state index contributed by atoms with van der Waals surface area (Å²) in [7, 11) is 0. The number of rotatable bonds is 3. The number of carbonyl (C=O) groups excluding carboxylic acids is 1. The van der Waals surface area contributed by atoms with Crippen molar-refractivity contribution >= 4 is 17.2 Å². The Morgan fingerprint density at radius 3 is 2.65 bits per heavy atom. The van der Waals surface area contributed by atoms with Gasteiger partial charge in [-0.25, -0.2) is 9.50 Å². The normalized spacial score (nSPS) is 20.5. The number of hydrogen-bond acceptors (Lipinski definition) is 5. The highest BCUT2D eigenvalue weighted by atomic mass is 16.5. The number of benzene rings is 1. The van der Waals surface area contributed by atoms with Gasteiger partial charge in [0.2, 0.25) is 0 Å². The number of imidazole rings is 1. The summed E-state index contributed by atoms with van der Waals surface area (Å²) in [5.41, 5.74) is 2.78. The minimum atomic E-state index is -0.0515. The minimum Gasteiger partial charge on any atom is -0.375 e.